The number of likely N-dealkylation sites (tertiary alicyclic amines) is 1. The van der Waals surface area contributed by atoms with Crippen LogP contribution in [0.2, 0.25) is 0 Å². The van der Waals surface area contributed by atoms with Gasteiger partial charge in [0.05, 0.1) is 20.4 Å². The highest BCUT2D eigenvalue weighted by Crippen LogP contribution is 2.33. The highest BCUT2D eigenvalue weighted by molar-refractivity contribution is 5.96. The summed E-state index contributed by atoms with van der Waals surface area (Å²) in [6.45, 7) is 0.648. The van der Waals surface area contributed by atoms with Crippen LogP contribution in [0.25, 0.3) is 0 Å². The number of aromatic nitrogens is 2. The minimum absolute atomic E-state index is 0.114. The number of hydrogen-bond acceptors (Lipinski definition) is 6. The van der Waals surface area contributed by atoms with E-state index in [1.807, 2.05) is 29.2 Å². The van der Waals surface area contributed by atoms with Gasteiger partial charge in [0.2, 0.25) is 11.8 Å². The van der Waals surface area contributed by atoms with E-state index in [1.54, 1.807) is 31.6 Å². The molecule has 0 saturated carbocycles. The zero-order chi connectivity index (χ0) is 20.9. The van der Waals surface area contributed by atoms with Gasteiger partial charge in [-0.2, -0.15) is 0 Å². The van der Waals surface area contributed by atoms with Crippen LogP contribution in [0.15, 0.2) is 53.2 Å². The first kappa shape index (κ1) is 19.9. The first-order valence-corrected chi connectivity index (χ1v) is 10.1. The van der Waals surface area contributed by atoms with Gasteiger partial charge in [-0.1, -0.05) is 12.1 Å². The fourth-order valence-electron chi connectivity index (χ4n) is 3.84. The van der Waals surface area contributed by atoms with Gasteiger partial charge in [-0.3, -0.25) is 4.79 Å². The molecule has 1 saturated heterocycles. The number of carbonyl (C=O) groups excluding carboxylic acids is 1. The Balaban J connectivity index is 1.55. The Labute approximate surface area is 175 Å². The molecule has 3 heterocycles. The van der Waals surface area contributed by atoms with E-state index in [0.29, 0.717) is 30.3 Å². The predicted octanol–water partition coefficient (Wildman–Crippen LogP) is 4.05. The summed E-state index contributed by atoms with van der Waals surface area (Å²) in [6.07, 6.45) is 6.75. The maximum atomic E-state index is 13.3. The van der Waals surface area contributed by atoms with Gasteiger partial charge in [-0.15, -0.1) is 0 Å². The van der Waals surface area contributed by atoms with E-state index in [1.165, 1.54) is 7.11 Å². The Morgan fingerprint density at radius 1 is 1.17 bits per heavy atom. The molecule has 1 aromatic carbocycles. The van der Waals surface area contributed by atoms with Gasteiger partial charge in [0.25, 0.3) is 5.91 Å². The third-order valence-electron chi connectivity index (χ3n) is 5.33. The highest BCUT2D eigenvalue weighted by Gasteiger charge is 2.33. The van der Waals surface area contributed by atoms with Gasteiger partial charge in [0.1, 0.15) is 23.1 Å². The molecule has 7 heteroatoms. The summed E-state index contributed by atoms with van der Waals surface area (Å²) in [4.78, 5) is 23.7. The molecule has 0 bridgehead atoms. The number of nitrogens with zero attached hydrogens (tertiary/aromatic N) is 3. The minimum Gasteiger partial charge on any atom is -0.497 e. The molecule has 2 aromatic heterocycles. The van der Waals surface area contributed by atoms with Crippen molar-refractivity contribution in [2.45, 2.75) is 31.7 Å². The number of oxazole rings is 1. The summed E-state index contributed by atoms with van der Waals surface area (Å²) in [6, 6.07) is 11.1. The van der Waals surface area contributed by atoms with Gasteiger partial charge in [0.15, 0.2) is 0 Å². The van der Waals surface area contributed by atoms with Crippen molar-refractivity contribution in [3.05, 3.63) is 71.6 Å². The van der Waals surface area contributed by atoms with Gasteiger partial charge in [-0.25, -0.2) is 9.97 Å². The number of rotatable bonds is 6. The fraction of sp³-hybridized carbons (Fsp3) is 0.348. The van der Waals surface area contributed by atoms with E-state index in [4.69, 9.17) is 13.9 Å². The molecule has 30 heavy (non-hydrogen) atoms. The van der Waals surface area contributed by atoms with Crippen molar-refractivity contribution in [3.8, 4) is 11.6 Å². The fourth-order valence-corrected chi connectivity index (χ4v) is 3.84. The zero-order valence-corrected chi connectivity index (χ0v) is 17.2. The van der Waals surface area contributed by atoms with Crippen molar-refractivity contribution >= 4 is 5.91 Å². The first-order chi connectivity index (χ1) is 14.7. The molecule has 3 aromatic rings. The lowest BCUT2D eigenvalue weighted by Gasteiger charge is -2.34. The molecule has 1 aliphatic rings. The summed E-state index contributed by atoms with van der Waals surface area (Å²) in [5, 5.41) is 0. The first-order valence-electron chi connectivity index (χ1n) is 10.1. The van der Waals surface area contributed by atoms with Crippen LogP contribution in [0.1, 0.15) is 52.9 Å². The van der Waals surface area contributed by atoms with Crippen molar-refractivity contribution in [2.24, 2.45) is 0 Å². The number of carbonyl (C=O) groups is 1. The van der Waals surface area contributed by atoms with E-state index in [0.717, 1.165) is 36.3 Å². The second-order valence-corrected chi connectivity index (χ2v) is 7.26. The molecule has 0 aliphatic carbocycles. The van der Waals surface area contributed by atoms with Crippen molar-refractivity contribution in [2.75, 3.05) is 20.8 Å². The normalized spacial score (nSPS) is 16.3. The molecule has 4 rings (SSSR count). The minimum atomic E-state index is -0.199. The van der Waals surface area contributed by atoms with Crippen LogP contribution in [0, 0.1) is 0 Å². The Morgan fingerprint density at radius 3 is 2.90 bits per heavy atom. The average Bonchev–Trinajstić information content (AvgIpc) is 3.27. The van der Waals surface area contributed by atoms with Gasteiger partial charge in [0, 0.05) is 19.2 Å². The monoisotopic (exact) mass is 407 g/mol. The maximum Gasteiger partial charge on any atom is 0.260 e. The Kier molecular flexibility index (Phi) is 5.97. The van der Waals surface area contributed by atoms with Gasteiger partial charge >= 0.3 is 0 Å². The van der Waals surface area contributed by atoms with Crippen LogP contribution >= 0.6 is 0 Å². The molecule has 1 atom stereocenters. The molecule has 156 valence electrons. The summed E-state index contributed by atoms with van der Waals surface area (Å²) < 4.78 is 16.6. The molecule has 7 nitrogen and oxygen atoms in total. The Bertz CT molecular complexity index is 1020. The third kappa shape index (κ3) is 4.15. The zero-order valence-electron chi connectivity index (χ0n) is 17.2. The van der Waals surface area contributed by atoms with E-state index >= 15 is 0 Å². The lowest BCUT2D eigenvalue weighted by molar-refractivity contribution is 0.0566. The molecule has 1 unspecified atom stereocenters. The standard InChI is InChI=1S/C23H25N3O4/c1-28-17-8-5-7-16(13-17)14-18-15-25-22(30-18)20-10-3-4-12-26(20)23(27)19-9-6-11-24-21(19)29-2/h5-9,11,13,15,20H,3-4,10,12,14H2,1-2H3. The lowest BCUT2D eigenvalue weighted by Crippen LogP contribution is -2.38. The number of piperidine rings is 1. The van der Waals surface area contributed by atoms with Crippen molar-refractivity contribution < 1.29 is 18.7 Å². The van der Waals surface area contributed by atoms with Crippen LogP contribution in [0.4, 0.5) is 0 Å². The summed E-state index contributed by atoms with van der Waals surface area (Å²) in [5.74, 6) is 2.36. The molecule has 1 aliphatic heterocycles. The number of pyridine rings is 1. The van der Waals surface area contributed by atoms with Crippen LogP contribution in [-0.2, 0) is 6.42 Å². The van der Waals surface area contributed by atoms with Crippen molar-refractivity contribution in [1.82, 2.24) is 14.9 Å². The Hall–Kier alpha value is -3.35. The van der Waals surface area contributed by atoms with Crippen LogP contribution in [0.5, 0.6) is 11.6 Å². The molecular formula is C23H25N3O4. The second-order valence-electron chi connectivity index (χ2n) is 7.26. The van der Waals surface area contributed by atoms with Gasteiger partial charge < -0.3 is 18.8 Å². The van der Waals surface area contributed by atoms with E-state index in [-0.39, 0.29) is 11.9 Å². The predicted molar refractivity (Wildman–Crippen MR) is 111 cm³/mol. The topological polar surface area (TPSA) is 77.7 Å². The molecule has 0 radical (unpaired) electrons. The van der Waals surface area contributed by atoms with Gasteiger partial charge in [-0.05, 0) is 49.1 Å². The van der Waals surface area contributed by atoms with Crippen molar-refractivity contribution in [1.29, 1.82) is 0 Å². The summed E-state index contributed by atoms with van der Waals surface area (Å²) in [7, 11) is 3.17. The third-order valence-corrected chi connectivity index (χ3v) is 5.33. The summed E-state index contributed by atoms with van der Waals surface area (Å²) in [5.41, 5.74) is 1.53. The Morgan fingerprint density at radius 2 is 2.07 bits per heavy atom. The van der Waals surface area contributed by atoms with Crippen molar-refractivity contribution in [3.63, 3.8) is 0 Å². The number of methoxy groups -OCH3 is 2. The number of amides is 1. The second kappa shape index (κ2) is 8.98. The average molecular weight is 407 g/mol. The van der Waals surface area contributed by atoms with E-state index in [9.17, 15) is 4.79 Å². The van der Waals surface area contributed by atoms with E-state index < -0.39 is 0 Å². The molecular weight excluding hydrogens is 382 g/mol. The van der Waals surface area contributed by atoms with Crippen LogP contribution < -0.4 is 9.47 Å². The van der Waals surface area contributed by atoms with Crippen LogP contribution in [0.3, 0.4) is 0 Å². The number of benzene rings is 1. The molecule has 0 spiro atoms. The van der Waals surface area contributed by atoms with Crippen LogP contribution in [-0.4, -0.2) is 41.5 Å². The lowest BCUT2D eigenvalue weighted by atomic mass is 10.0. The maximum absolute atomic E-state index is 13.3. The smallest absolute Gasteiger partial charge is 0.260 e. The highest BCUT2D eigenvalue weighted by atomic mass is 16.5. The molecule has 1 amide bonds. The SMILES string of the molecule is COc1cccc(Cc2cnc(C3CCCCN3C(=O)c3cccnc3OC)o2)c1. The molecule has 1 fully saturated rings. The quantitative estimate of drug-likeness (QED) is 0.614. The molecule has 0 N–H and O–H groups in total. The number of ether oxygens (including phenoxy) is 2. The largest absolute Gasteiger partial charge is 0.497 e. The summed E-state index contributed by atoms with van der Waals surface area (Å²) >= 11 is 0. The number of hydrogen-bond donors (Lipinski definition) is 0. The van der Waals surface area contributed by atoms with E-state index in [2.05, 4.69) is 9.97 Å².